The summed E-state index contributed by atoms with van der Waals surface area (Å²) in [6.45, 7) is 5.17. The zero-order valence-corrected chi connectivity index (χ0v) is 12.9. The van der Waals surface area contributed by atoms with Crippen molar-refractivity contribution in [3.63, 3.8) is 0 Å². The van der Waals surface area contributed by atoms with E-state index in [2.05, 4.69) is 38.1 Å². The first-order valence-corrected chi connectivity index (χ1v) is 7.21. The second-order valence-corrected chi connectivity index (χ2v) is 6.66. The first-order chi connectivity index (χ1) is 8.60. The summed E-state index contributed by atoms with van der Waals surface area (Å²) < 4.78 is 0. The molecule has 19 heavy (non-hydrogen) atoms. The molecule has 0 saturated heterocycles. The topological polar surface area (TPSA) is 38.9 Å². The van der Waals surface area contributed by atoms with E-state index in [0.717, 1.165) is 5.01 Å². The molecule has 1 heterocycles. The van der Waals surface area contributed by atoms with Crippen LogP contribution in [0.25, 0.3) is 10.6 Å². The summed E-state index contributed by atoms with van der Waals surface area (Å²) in [5.74, 6) is 0. The van der Waals surface area contributed by atoms with E-state index in [-0.39, 0.29) is 17.8 Å². The quantitative estimate of drug-likeness (QED) is 0.912. The third-order valence-electron chi connectivity index (χ3n) is 3.73. The van der Waals surface area contributed by atoms with Gasteiger partial charge in [0.25, 0.3) is 0 Å². The number of rotatable bonds is 2. The van der Waals surface area contributed by atoms with Gasteiger partial charge in [-0.05, 0) is 24.5 Å². The summed E-state index contributed by atoms with van der Waals surface area (Å²) in [6.07, 6.45) is 2.40. The Morgan fingerprint density at radius 1 is 1.37 bits per heavy atom. The van der Waals surface area contributed by atoms with Crippen LogP contribution in [0.1, 0.15) is 36.4 Å². The zero-order valence-electron chi connectivity index (χ0n) is 11.3. The lowest BCUT2D eigenvalue weighted by atomic mass is 9.91. The van der Waals surface area contributed by atoms with Crippen LogP contribution < -0.4 is 5.73 Å². The predicted octanol–water partition coefficient (Wildman–Crippen LogP) is 3.91. The Kier molecular flexibility index (Phi) is 4.00. The minimum atomic E-state index is 0. The van der Waals surface area contributed by atoms with Crippen molar-refractivity contribution in [2.24, 2.45) is 5.73 Å². The van der Waals surface area contributed by atoms with Gasteiger partial charge in [-0.2, -0.15) is 0 Å². The van der Waals surface area contributed by atoms with E-state index in [0.29, 0.717) is 6.54 Å². The van der Waals surface area contributed by atoms with E-state index in [4.69, 9.17) is 10.7 Å². The molecule has 4 heteroatoms. The molecule has 102 valence electrons. The molecular formula is C15H19ClN2S. The number of hydrogen-bond acceptors (Lipinski definition) is 3. The summed E-state index contributed by atoms with van der Waals surface area (Å²) in [4.78, 5) is 6.33. The molecule has 1 aromatic heterocycles. The average Bonchev–Trinajstić information content (AvgIpc) is 2.91. The van der Waals surface area contributed by atoms with Crippen LogP contribution in [0.2, 0.25) is 0 Å². The first-order valence-electron chi connectivity index (χ1n) is 6.40. The number of aryl methyl sites for hydroxylation is 1. The van der Waals surface area contributed by atoms with Gasteiger partial charge in [-0.1, -0.05) is 32.0 Å². The fraction of sp³-hybridized carbons (Fsp3) is 0.400. The molecule has 2 aromatic rings. The number of thiazole rings is 1. The second-order valence-electron chi connectivity index (χ2n) is 5.58. The van der Waals surface area contributed by atoms with Gasteiger partial charge in [0.2, 0.25) is 0 Å². The number of hydrogen-bond donors (Lipinski definition) is 1. The molecule has 1 aliphatic rings. The molecule has 1 aliphatic carbocycles. The summed E-state index contributed by atoms with van der Waals surface area (Å²) in [5, 5.41) is 1.14. The van der Waals surface area contributed by atoms with Crippen molar-refractivity contribution in [1.29, 1.82) is 0 Å². The SMILES string of the molecule is CC1(C)CCc2sc(-c3cccc(CN)c3)nc21.Cl. The van der Waals surface area contributed by atoms with Crippen LogP contribution in [-0.4, -0.2) is 4.98 Å². The van der Waals surface area contributed by atoms with Gasteiger partial charge < -0.3 is 5.73 Å². The van der Waals surface area contributed by atoms with Gasteiger partial charge in [0, 0.05) is 22.4 Å². The fourth-order valence-corrected chi connectivity index (χ4v) is 3.79. The fourth-order valence-electron chi connectivity index (χ4n) is 2.55. The van der Waals surface area contributed by atoms with E-state index < -0.39 is 0 Å². The molecule has 1 aromatic carbocycles. The van der Waals surface area contributed by atoms with Crippen molar-refractivity contribution < 1.29 is 0 Å². The van der Waals surface area contributed by atoms with Crippen molar-refractivity contribution in [3.05, 3.63) is 40.4 Å². The third kappa shape index (κ3) is 2.55. The number of fused-ring (bicyclic) bond motifs is 1. The smallest absolute Gasteiger partial charge is 0.123 e. The Labute approximate surface area is 124 Å². The van der Waals surface area contributed by atoms with Crippen molar-refractivity contribution in [3.8, 4) is 10.6 Å². The zero-order chi connectivity index (χ0) is 12.8. The number of benzene rings is 1. The minimum absolute atomic E-state index is 0. The lowest BCUT2D eigenvalue weighted by Gasteiger charge is -2.15. The Bertz CT molecular complexity index is 590. The molecule has 0 amide bonds. The van der Waals surface area contributed by atoms with Crippen LogP contribution in [0.3, 0.4) is 0 Å². The van der Waals surface area contributed by atoms with Gasteiger partial charge in [-0.15, -0.1) is 23.7 Å². The van der Waals surface area contributed by atoms with Crippen molar-refractivity contribution >= 4 is 23.7 Å². The van der Waals surface area contributed by atoms with Gasteiger partial charge >= 0.3 is 0 Å². The Hall–Kier alpha value is -0.900. The van der Waals surface area contributed by atoms with Crippen LogP contribution in [0, 0.1) is 0 Å². The summed E-state index contributed by atoms with van der Waals surface area (Å²) >= 11 is 1.84. The average molecular weight is 295 g/mol. The van der Waals surface area contributed by atoms with Gasteiger partial charge in [0.1, 0.15) is 5.01 Å². The van der Waals surface area contributed by atoms with Crippen LogP contribution >= 0.6 is 23.7 Å². The lowest BCUT2D eigenvalue weighted by Crippen LogP contribution is -2.12. The molecule has 0 unspecified atom stereocenters. The maximum Gasteiger partial charge on any atom is 0.123 e. The van der Waals surface area contributed by atoms with Crippen molar-refractivity contribution in [1.82, 2.24) is 4.98 Å². The summed E-state index contributed by atoms with van der Waals surface area (Å²) in [5.41, 5.74) is 9.62. The molecule has 0 bridgehead atoms. The monoisotopic (exact) mass is 294 g/mol. The molecule has 3 rings (SSSR count). The first kappa shape index (κ1) is 14.5. The number of aromatic nitrogens is 1. The highest BCUT2D eigenvalue weighted by molar-refractivity contribution is 7.15. The molecule has 0 spiro atoms. The normalized spacial score (nSPS) is 15.9. The van der Waals surface area contributed by atoms with Crippen LogP contribution in [0.4, 0.5) is 0 Å². The number of halogens is 1. The molecule has 0 atom stereocenters. The summed E-state index contributed by atoms with van der Waals surface area (Å²) in [6, 6.07) is 8.41. The van der Waals surface area contributed by atoms with E-state index >= 15 is 0 Å². The summed E-state index contributed by atoms with van der Waals surface area (Å²) in [7, 11) is 0. The number of nitrogens with two attached hydrogens (primary N) is 1. The molecule has 0 fully saturated rings. The molecule has 2 N–H and O–H groups in total. The molecular weight excluding hydrogens is 276 g/mol. The van der Waals surface area contributed by atoms with Crippen LogP contribution in [0.5, 0.6) is 0 Å². The van der Waals surface area contributed by atoms with Crippen LogP contribution in [-0.2, 0) is 18.4 Å². The van der Waals surface area contributed by atoms with Crippen LogP contribution in [0.15, 0.2) is 24.3 Å². The van der Waals surface area contributed by atoms with E-state index in [1.807, 2.05) is 11.3 Å². The van der Waals surface area contributed by atoms with Gasteiger partial charge in [-0.25, -0.2) is 4.98 Å². The molecule has 2 nitrogen and oxygen atoms in total. The number of nitrogens with zero attached hydrogens (tertiary/aromatic N) is 1. The Balaban J connectivity index is 0.00000133. The predicted molar refractivity (Wildman–Crippen MR) is 84.0 cm³/mol. The maximum absolute atomic E-state index is 5.70. The van der Waals surface area contributed by atoms with Gasteiger partial charge in [0.05, 0.1) is 5.69 Å². The third-order valence-corrected chi connectivity index (χ3v) is 4.89. The molecule has 0 saturated carbocycles. The minimum Gasteiger partial charge on any atom is -0.326 e. The second kappa shape index (κ2) is 5.23. The Morgan fingerprint density at radius 3 is 2.84 bits per heavy atom. The lowest BCUT2D eigenvalue weighted by molar-refractivity contribution is 0.510. The van der Waals surface area contributed by atoms with E-state index in [1.54, 1.807) is 0 Å². The standard InChI is InChI=1S/C15H18N2S.ClH/c1-15(2)7-6-12-13(15)17-14(18-12)11-5-3-4-10(8-11)9-16;/h3-5,8H,6-7,9,16H2,1-2H3;1H. The van der Waals surface area contributed by atoms with E-state index in [9.17, 15) is 0 Å². The molecule has 0 aliphatic heterocycles. The highest BCUT2D eigenvalue weighted by atomic mass is 35.5. The van der Waals surface area contributed by atoms with Crippen molar-refractivity contribution in [2.75, 3.05) is 0 Å². The highest BCUT2D eigenvalue weighted by Crippen LogP contribution is 2.43. The van der Waals surface area contributed by atoms with Crippen molar-refractivity contribution in [2.45, 2.75) is 38.6 Å². The molecule has 0 radical (unpaired) electrons. The highest BCUT2D eigenvalue weighted by Gasteiger charge is 2.33. The van der Waals surface area contributed by atoms with Gasteiger partial charge in [0.15, 0.2) is 0 Å². The van der Waals surface area contributed by atoms with E-state index in [1.165, 1.54) is 34.5 Å². The maximum atomic E-state index is 5.70. The van der Waals surface area contributed by atoms with Gasteiger partial charge in [-0.3, -0.25) is 0 Å². The largest absolute Gasteiger partial charge is 0.326 e. The Morgan fingerprint density at radius 2 is 2.16 bits per heavy atom.